The number of amides is 1. The van der Waals surface area contributed by atoms with E-state index in [0.29, 0.717) is 12.3 Å². The third kappa shape index (κ3) is 4.25. The summed E-state index contributed by atoms with van der Waals surface area (Å²) in [6.07, 6.45) is 2.54. The van der Waals surface area contributed by atoms with Crippen LogP contribution in [0.3, 0.4) is 0 Å². The average Bonchev–Trinajstić information content (AvgIpc) is 2.96. The summed E-state index contributed by atoms with van der Waals surface area (Å²) in [5.74, 6) is 0.328. The van der Waals surface area contributed by atoms with Gasteiger partial charge >= 0.3 is 0 Å². The van der Waals surface area contributed by atoms with E-state index >= 15 is 0 Å². The lowest BCUT2D eigenvalue weighted by Gasteiger charge is -2.33. The molecule has 0 spiro atoms. The molecule has 134 valence electrons. The van der Waals surface area contributed by atoms with Gasteiger partial charge in [-0.2, -0.15) is 0 Å². The number of piperidine rings is 1. The van der Waals surface area contributed by atoms with Crippen LogP contribution in [-0.4, -0.2) is 34.9 Å². The van der Waals surface area contributed by atoms with E-state index in [0.717, 1.165) is 47.1 Å². The van der Waals surface area contributed by atoms with Gasteiger partial charge in [-0.15, -0.1) is 11.3 Å². The summed E-state index contributed by atoms with van der Waals surface area (Å²) in [5.41, 5.74) is 7.75. The van der Waals surface area contributed by atoms with Gasteiger partial charge in [-0.25, -0.2) is 9.37 Å². The molecule has 0 saturated carbocycles. The average molecular weight is 361 g/mol. The highest BCUT2D eigenvalue weighted by molar-refractivity contribution is 7.13. The van der Waals surface area contributed by atoms with Gasteiger partial charge in [0.15, 0.2) is 0 Å². The SMILES string of the molecule is Cc1nc(Cc2ccc(F)cc2)sc1C(=O)N1CCC(C(C)N)CC1. The number of hydrogen-bond acceptors (Lipinski definition) is 4. The van der Waals surface area contributed by atoms with Crippen molar-refractivity contribution in [1.82, 2.24) is 9.88 Å². The Balaban J connectivity index is 1.67. The van der Waals surface area contributed by atoms with E-state index in [1.807, 2.05) is 18.7 Å². The van der Waals surface area contributed by atoms with Gasteiger partial charge in [0.05, 0.1) is 10.7 Å². The van der Waals surface area contributed by atoms with Crippen molar-refractivity contribution >= 4 is 17.2 Å². The fraction of sp³-hybridized carbons (Fsp3) is 0.474. The number of carbonyl (C=O) groups excluding carboxylic acids is 1. The van der Waals surface area contributed by atoms with Crippen LogP contribution in [-0.2, 0) is 6.42 Å². The molecule has 2 N–H and O–H groups in total. The molecule has 0 radical (unpaired) electrons. The van der Waals surface area contributed by atoms with Crippen molar-refractivity contribution in [1.29, 1.82) is 0 Å². The first kappa shape index (κ1) is 18.0. The van der Waals surface area contributed by atoms with Gasteiger partial charge in [0.25, 0.3) is 5.91 Å². The number of thiazole rings is 1. The molecule has 1 aliphatic heterocycles. The quantitative estimate of drug-likeness (QED) is 0.908. The zero-order valence-electron chi connectivity index (χ0n) is 14.7. The largest absolute Gasteiger partial charge is 0.338 e. The van der Waals surface area contributed by atoms with Gasteiger partial charge < -0.3 is 10.6 Å². The van der Waals surface area contributed by atoms with E-state index in [1.54, 1.807) is 12.1 Å². The predicted molar refractivity (Wildman–Crippen MR) is 98.3 cm³/mol. The number of likely N-dealkylation sites (tertiary alicyclic amines) is 1. The first-order valence-corrected chi connectivity index (χ1v) is 9.51. The van der Waals surface area contributed by atoms with Gasteiger partial charge in [0.2, 0.25) is 0 Å². The van der Waals surface area contributed by atoms with Crippen molar-refractivity contribution in [2.75, 3.05) is 13.1 Å². The molecule has 1 aromatic carbocycles. The van der Waals surface area contributed by atoms with Gasteiger partial charge in [-0.05, 0) is 50.3 Å². The Labute approximate surface area is 151 Å². The molecule has 1 amide bonds. The highest BCUT2D eigenvalue weighted by Crippen LogP contribution is 2.26. The lowest BCUT2D eigenvalue weighted by molar-refractivity contribution is 0.0685. The monoisotopic (exact) mass is 361 g/mol. The smallest absolute Gasteiger partial charge is 0.265 e. The standard InChI is InChI=1S/C19H24FN3OS/c1-12(21)15-7-9-23(10-8-15)19(24)18-13(2)22-17(25-18)11-14-3-5-16(20)6-4-14/h3-6,12,15H,7-11,21H2,1-2H3. The van der Waals surface area contributed by atoms with Crippen LogP contribution in [0, 0.1) is 18.7 Å². The molecule has 1 atom stereocenters. The second-order valence-electron chi connectivity index (χ2n) is 6.81. The number of benzene rings is 1. The Hall–Kier alpha value is -1.79. The van der Waals surface area contributed by atoms with Crippen LogP contribution in [0.15, 0.2) is 24.3 Å². The summed E-state index contributed by atoms with van der Waals surface area (Å²) in [6, 6.07) is 6.60. The molecule has 3 rings (SSSR count). The van der Waals surface area contributed by atoms with E-state index in [-0.39, 0.29) is 17.8 Å². The first-order chi connectivity index (χ1) is 11.9. The minimum atomic E-state index is -0.245. The molecule has 6 heteroatoms. The maximum absolute atomic E-state index is 13.0. The predicted octanol–water partition coefficient (Wildman–Crippen LogP) is 3.38. The van der Waals surface area contributed by atoms with E-state index in [1.165, 1.54) is 23.5 Å². The van der Waals surface area contributed by atoms with Crippen molar-refractivity contribution in [2.45, 2.75) is 39.2 Å². The Bertz CT molecular complexity index is 734. The maximum Gasteiger partial charge on any atom is 0.265 e. The fourth-order valence-electron chi connectivity index (χ4n) is 3.28. The minimum Gasteiger partial charge on any atom is -0.338 e. The van der Waals surface area contributed by atoms with E-state index in [4.69, 9.17) is 5.73 Å². The number of aryl methyl sites for hydroxylation is 1. The number of nitrogens with zero attached hydrogens (tertiary/aromatic N) is 2. The summed E-state index contributed by atoms with van der Waals surface area (Å²) >= 11 is 1.45. The molecule has 1 saturated heterocycles. The topological polar surface area (TPSA) is 59.2 Å². The lowest BCUT2D eigenvalue weighted by atomic mass is 9.91. The summed E-state index contributed by atoms with van der Waals surface area (Å²) in [6.45, 7) is 5.44. The molecule has 4 nitrogen and oxygen atoms in total. The van der Waals surface area contributed by atoms with Crippen molar-refractivity contribution in [3.8, 4) is 0 Å². The minimum absolute atomic E-state index is 0.0727. The van der Waals surface area contributed by atoms with E-state index in [9.17, 15) is 9.18 Å². The number of nitrogens with two attached hydrogens (primary N) is 1. The number of hydrogen-bond donors (Lipinski definition) is 1. The summed E-state index contributed by atoms with van der Waals surface area (Å²) in [4.78, 5) is 20.0. The Morgan fingerprint density at radius 3 is 2.60 bits per heavy atom. The second kappa shape index (κ2) is 7.62. The van der Waals surface area contributed by atoms with Crippen LogP contribution in [0.4, 0.5) is 4.39 Å². The maximum atomic E-state index is 13.0. The van der Waals surface area contributed by atoms with Crippen LogP contribution in [0.5, 0.6) is 0 Å². The van der Waals surface area contributed by atoms with Gasteiger partial charge in [-0.1, -0.05) is 12.1 Å². The zero-order valence-corrected chi connectivity index (χ0v) is 15.5. The third-order valence-electron chi connectivity index (χ3n) is 4.87. The molecule has 25 heavy (non-hydrogen) atoms. The number of halogens is 1. The highest BCUT2D eigenvalue weighted by atomic mass is 32.1. The normalized spacial score (nSPS) is 16.9. The number of carbonyl (C=O) groups is 1. The van der Waals surface area contributed by atoms with Crippen molar-refractivity contribution in [3.05, 3.63) is 51.2 Å². The van der Waals surface area contributed by atoms with Crippen molar-refractivity contribution in [2.24, 2.45) is 11.7 Å². The molecule has 1 unspecified atom stereocenters. The van der Waals surface area contributed by atoms with Crippen LogP contribution in [0.1, 0.15) is 45.7 Å². The third-order valence-corrected chi connectivity index (χ3v) is 6.02. The highest BCUT2D eigenvalue weighted by Gasteiger charge is 2.27. The lowest BCUT2D eigenvalue weighted by Crippen LogP contribution is -2.42. The number of rotatable bonds is 4. The molecule has 0 bridgehead atoms. The van der Waals surface area contributed by atoms with Crippen molar-refractivity contribution in [3.63, 3.8) is 0 Å². The van der Waals surface area contributed by atoms with Crippen LogP contribution >= 0.6 is 11.3 Å². The van der Waals surface area contributed by atoms with Crippen LogP contribution < -0.4 is 5.73 Å². The molecule has 1 fully saturated rings. The number of aromatic nitrogens is 1. The Morgan fingerprint density at radius 2 is 2.00 bits per heavy atom. The Morgan fingerprint density at radius 1 is 1.36 bits per heavy atom. The Kier molecular flexibility index (Phi) is 5.49. The molecule has 0 aliphatic carbocycles. The second-order valence-corrected chi connectivity index (χ2v) is 7.90. The first-order valence-electron chi connectivity index (χ1n) is 8.69. The van der Waals surface area contributed by atoms with Gasteiger partial charge in [0.1, 0.15) is 10.7 Å². The van der Waals surface area contributed by atoms with E-state index in [2.05, 4.69) is 4.98 Å². The summed E-state index contributed by atoms with van der Waals surface area (Å²) in [7, 11) is 0. The van der Waals surface area contributed by atoms with Gasteiger partial charge in [-0.3, -0.25) is 4.79 Å². The summed E-state index contributed by atoms with van der Waals surface area (Å²) < 4.78 is 13.0. The zero-order chi connectivity index (χ0) is 18.0. The molecule has 2 aromatic rings. The molecule has 1 aromatic heterocycles. The van der Waals surface area contributed by atoms with E-state index < -0.39 is 0 Å². The molecule has 2 heterocycles. The molecule has 1 aliphatic rings. The van der Waals surface area contributed by atoms with Crippen LogP contribution in [0.2, 0.25) is 0 Å². The molecular weight excluding hydrogens is 337 g/mol. The summed E-state index contributed by atoms with van der Waals surface area (Å²) in [5, 5.41) is 0.887. The van der Waals surface area contributed by atoms with Gasteiger partial charge in [0, 0.05) is 25.6 Å². The fourth-order valence-corrected chi connectivity index (χ4v) is 4.34. The van der Waals surface area contributed by atoms with Crippen molar-refractivity contribution < 1.29 is 9.18 Å². The van der Waals surface area contributed by atoms with Crippen LogP contribution in [0.25, 0.3) is 0 Å². The molecular formula is C19H24FN3OS.